The quantitative estimate of drug-likeness (QED) is 0.896. The molecule has 0 radical (unpaired) electrons. The van der Waals surface area contributed by atoms with Crippen LogP contribution in [0.15, 0.2) is 42.5 Å². The normalized spacial score (nSPS) is 11.7. The fourth-order valence-electron chi connectivity index (χ4n) is 2.07. The van der Waals surface area contributed by atoms with Crippen LogP contribution in [0.5, 0.6) is 11.5 Å². The van der Waals surface area contributed by atoms with Crippen molar-refractivity contribution in [1.82, 2.24) is 5.32 Å². The lowest BCUT2D eigenvalue weighted by Crippen LogP contribution is -2.17. The molecule has 3 nitrogen and oxygen atoms in total. The van der Waals surface area contributed by atoms with E-state index in [2.05, 4.69) is 19.2 Å². The maximum atomic E-state index is 13.5. The maximum absolute atomic E-state index is 13.5. The molecule has 2 rings (SSSR count). The van der Waals surface area contributed by atoms with Crippen LogP contribution < -0.4 is 10.1 Å². The van der Waals surface area contributed by atoms with E-state index in [1.807, 2.05) is 30.3 Å². The molecule has 1 unspecified atom stereocenters. The molecular formula is C17H17FN2O. The molecule has 0 spiro atoms. The highest BCUT2D eigenvalue weighted by Gasteiger charge is 2.10. The van der Waals surface area contributed by atoms with E-state index in [0.717, 1.165) is 12.1 Å². The Bertz CT molecular complexity index is 647. The smallest absolute Gasteiger partial charge is 0.148 e. The number of nitrogens with zero attached hydrogens (tertiary/aromatic N) is 1. The van der Waals surface area contributed by atoms with Crippen molar-refractivity contribution in [2.24, 2.45) is 0 Å². The topological polar surface area (TPSA) is 45.0 Å². The summed E-state index contributed by atoms with van der Waals surface area (Å²) in [5, 5.41) is 12.3. The summed E-state index contributed by atoms with van der Waals surface area (Å²) in [4.78, 5) is 0. The summed E-state index contributed by atoms with van der Waals surface area (Å²) in [7, 11) is 0. The van der Waals surface area contributed by atoms with Crippen LogP contribution in [0.1, 0.15) is 31.0 Å². The SMILES string of the molecule is CCNC(C)c1ccc(Oc2cccc(F)c2C#N)cc1. The summed E-state index contributed by atoms with van der Waals surface area (Å²) in [6.07, 6.45) is 0. The number of nitrogens with one attached hydrogen (secondary N) is 1. The van der Waals surface area contributed by atoms with Crippen molar-refractivity contribution in [1.29, 1.82) is 5.26 Å². The summed E-state index contributed by atoms with van der Waals surface area (Å²) in [6, 6.07) is 14.0. The van der Waals surface area contributed by atoms with Gasteiger partial charge in [-0.15, -0.1) is 0 Å². The molecule has 0 aliphatic rings. The van der Waals surface area contributed by atoms with Crippen LogP contribution in [0.3, 0.4) is 0 Å². The predicted molar refractivity (Wildman–Crippen MR) is 79.7 cm³/mol. The molecule has 0 amide bonds. The zero-order chi connectivity index (χ0) is 15.2. The third kappa shape index (κ3) is 3.59. The van der Waals surface area contributed by atoms with Crippen molar-refractivity contribution in [3.63, 3.8) is 0 Å². The fourth-order valence-corrected chi connectivity index (χ4v) is 2.07. The number of ether oxygens (including phenoxy) is 1. The van der Waals surface area contributed by atoms with Gasteiger partial charge in [0.15, 0.2) is 0 Å². The van der Waals surface area contributed by atoms with E-state index < -0.39 is 5.82 Å². The van der Waals surface area contributed by atoms with Gasteiger partial charge >= 0.3 is 0 Å². The molecule has 4 heteroatoms. The van der Waals surface area contributed by atoms with E-state index in [-0.39, 0.29) is 17.4 Å². The molecule has 108 valence electrons. The summed E-state index contributed by atoms with van der Waals surface area (Å²) in [5.41, 5.74) is 1.06. The number of hydrogen-bond acceptors (Lipinski definition) is 3. The molecule has 0 fully saturated rings. The van der Waals surface area contributed by atoms with Crippen LogP contribution in [0.2, 0.25) is 0 Å². The summed E-state index contributed by atoms with van der Waals surface area (Å²) in [5.74, 6) is 0.224. The third-order valence-corrected chi connectivity index (χ3v) is 3.21. The molecular weight excluding hydrogens is 267 g/mol. The van der Waals surface area contributed by atoms with Crippen molar-refractivity contribution < 1.29 is 9.13 Å². The van der Waals surface area contributed by atoms with Crippen molar-refractivity contribution in [2.75, 3.05) is 6.54 Å². The lowest BCUT2D eigenvalue weighted by molar-refractivity contribution is 0.473. The molecule has 0 bridgehead atoms. The van der Waals surface area contributed by atoms with E-state index >= 15 is 0 Å². The Labute approximate surface area is 124 Å². The highest BCUT2D eigenvalue weighted by Crippen LogP contribution is 2.27. The minimum absolute atomic E-state index is 0.0809. The van der Waals surface area contributed by atoms with E-state index in [1.54, 1.807) is 6.07 Å². The van der Waals surface area contributed by atoms with Crippen molar-refractivity contribution in [3.8, 4) is 17.6 Å². The number of hydrogen-bond donors (Lipinski definition) is 1. The molecule has 0 saturated carbocycles. The van der Waals surface area contributed by atoms with E-state index in [9.17, 15) is 4.39 Å². The lowest BCUT2D eigenvalue weighted by Gasteiger charge is -2.13. The standard InChI is InChI=1S/C17H17FN2O/c1-3-20-12(2)13-7-9-14(10-8-13)21-17-6-4-5-16(18)15(17)11-19/h4-10,12,20H,3H2,1-2H3. The van der Waals surface area contributed by atoms with Crippen LogP contribution in [0.4, 0.5) is 4.39 Å². The first-order valence-corrected chi connectivity index (χ1v) is 6.85. The Kier molecular flexibility index (Phi) is 4.91. The van der Waals surface area contributed by atoms with Gasteiger partial charge in [0.1, 0.15) is 28.9 Å². The van der Waals surface area contributed by atoms with Gasteiger partial charge in [0.05, 0.1) is 0 Å². The first-order valence-electron chi connectivity index (χ1n) is 6.85. The van der Waals surface area contributed by atoms with E-state index in [4.69, 9.17) is 10.00 Å². The summed E-state index contributed by atoms with van der Waals surface area (Å²) < 4.78 is 19.1. The zero-order valence-electron chi connectivity index (χ0n) is 12.1. The Morgan fingerprint density at radius 3 is 2.57 bits per heavy atom. The Balaban J connectivity index is 2.18. The van der Waals surface area contributed by atoms with E-state index in [1.165, 1.54) is 12.1 Å². The summed E-state index contributed by atoms with van der Waals surface area (Å²) in [6.45, 7) is 5.04. The Morgan fingerprint density at radius 1 is 1.24 bits per heavy atom. The van der Waals surface area contributed by atoms with Gasteiger partial charge in [-0.2, -0.15) is 5.26 Å². The molecule has 0 heterocycles. The van der Waals surface area contributed by atoms with Gasteiger partial charge in [-0.25, -0.2) is 4.39 Å². The first-order chi connectivity index (χ1) is 10.2. The second kappa shape index (κ2) is 6.87. The molecule has 0 aliphatic heterocycles. The average Bonchev–Trinajstić information content (AvgIpc) is 2.48. The highest BCUT2D eigenvalue weighted by molar-refractivity contribution is 5.46. The van der Waals surface area contributed by atoms with Gasteiger partial charge in [-0.1, -0.05) is 25.1 Å². The van der Waals surface area contributed by atoms with Crippen molar-refractivity contribution in [2.45, 2.75) is 19.9 Å². The van der Waals surface area contributed by atoms with Crippen LogP contribution in [0.25, 0.3) is 0 Å². The molecule has 0 saturated heterocycles. The van der Waals surface area contributed by atoms with Crippen LogP contribution in [-0.2, 0) is 0 Å². The van der Waals surface area contributed by atoms with E-state index in [0.29, 0.717) is 5.75 Å². The summed E-state index contributed by atoms with van der Waals surface area (Å²) >= 11 is 0. The highest BCUT2D eigenvalue weighted by atomic mass is 19.1. The van der Waals surface area contributed by atoms with Crippen molar-refractivity contribution in [3.05, 3.63) is 59.4 Å². The molecule has 0 aromatic heterocycles. The fraction of sp³-hybridized carbons (Fsp3) is 0.235. The van der Waals surface area contributed by atoms with Gasteiger partial charge in [-0.3, -0.25) is 0 Å². The van der Waals surface area contributed by atoms with Crippen LogP contribution in [0, 0.1) is 17.1 Å². The molecule has 2 aromatic rings. The number of rotatable bonds is 5. The lowest BCUT2D eigenvalue weighted by atomic mass is 10.1. The van der Waals surface area contributed by atoms with Gasteiger partial charge in [0, 0.05) is 6.04 Å². The number of benzene rings is 2. The number of nitriles is 1. The third-order valence-electron chi connectivity index (χ3n) is 3.21. The van der Waals surface area contributed by atoms with Crippen LogP contribution >= 0.6 is 0 Å². The molecule has 1 N–H and O–H groups in total. The van der Waals surface area contributed by atoms with Crippen LogP contribution in [-0.4, -0.2) is 6.54 Å². The first kappa shape index (κ1) is 15.0. The molecule has 1 atom stereocenters. The Hall–Kier alpha value is -2.38. The second-order valence-corrected chi connectivity index (χ2v) is 4.68. The maximum Gasteiger partial charge on any atom is 0.148 e. The minimum Gasteiger partial charge on any atom is -0.456 e. The molecule has 0 aliphatic carbocycles. The van der Waals surface area contributed by atoms with Gasteiger partial charge in [0.25, 0.3) is 0 Å². The minimum atomic E-state index is -0.576. The number of halogens is 1. The van der Waals surface area contributed by atoms with Gasteiger partial charge in [0.2, 0.25) is 0 Å². The predicted octanol–water partition coefficient (Wildman–Crippen LogP) is 4.16. The van der Waals surface area contributed by atoms with Gasteiger partial charge in [-0.05, 0) is 43.3 Å². The zero-order valence-corrected chi connectivity index (χ0v) is 12.1. The monoisotopic (exact) mass is 284 g/mol. The largest absolute Gasteiger partial charge is 0.456 e. The molecule has 21 heavy (non-hydrogen) atoms. The second-order valence-electron chi connectivity index (χ2n) is 4.68. The van der Waals surface area contributed by atoms with Gasteiger partial charge < -0.3 is 10.1 Å². The molecule has 2 aromatic carbocycles. The average molecular weight is 284 g/mol. The Morgan fingerprint density at radius 2 is 1.95 bits per heavy atom. The van der Waals surface area contributed by atoms with Crippen molar-refractivity contribution >= 4 is 0 Å².